The van der Waals surface area contributed by atoms with Gasteiger partial charge in [0.25, 0.3) is 0 Å². The molecular weight excluding hydrogens is 152 g/mol. The fraction of sp³-hybridized carbons (Fsp3) is 0.375. The topological polar surface area (TPSA) is 43.1 Å². The molecule has 0 saturated heterocycles. The molecule has 0 fully saturated rings. The van der Waals surface area contributed by atoms with Crippen LogP contribution in [-0.4, -0.2) is 19.6 Å². The molecule has 0 saturated carbocycles. The molecule has 12 heavy (non-hydrogen) atoms. The Kier molecular flexibility index (Phi) is 1.53. The van der Waals surface area contributed by atoms with Crippen molar-refractivity contribution in [1.82, 2.24) is 19.6 Å². The second-order valence-electron chi connectivity index (χ2n) is 2.68. The third-order valence-electron chi connectivity index (χ3n) is 1.89. The van der Waals surface area contributed by atoms with Crippen molar-refractivity contribution < 1.29 is 0 Å². The van der Waals surface area contributed by atoms with E-state index in [0.29, 0.717) is 0 Å². The maximum absolute atomic E-state index is 4.13. The number of nitrogens with zero attached hydrogens (tertiary/aromatic N) is 4. The van der Waals surface area contributed by atoms with Crippen LogP contribution < -0.4 is 0 Å². The van der Waals surface area contributed by atoms with Gasteiger partial charge in [-0.05, 0) is 6.92 Å². The molecule has 2 rings (SSSR count). The normalized spacial score (nSPS) is 10.8. The number of hydrogen-bond acceptors (Lipinski definition) is 3. The van der Waals surface area contributed by atoms with Gasteiger partial charge in [-0.3, -0.25) is 9.38 Å². The van der Waals surface area contributed by atoms with Gasteiger partial charge in [0.2, 0.25) is 0 Å². The Morgan fingerprint density at radius 2 is 2.25 bits per heavy atom. The summed E-state index contributed by atoms with van der Waals surface area (Å²) in [6.07, 6.45) is 4.55. The van der Waals surface area contributed by atoms with Crippen LogP contribution in [0.3, 0.4) is 0 Å². The molecule has 0 aliphatic rings. The minimum atomic E-state index is 0.856. The van der Waals surface area contributed by atoms with E-state index in [1.165, 1.54) is 0 Å². The zero-order chi connectivity index (χ0) is 8.55. The van der Waals surface area contributed by atoms with E-state index in [1.54, 1.807) is 6.20 Å². The Balaban J connectivity index is 2.80. The van der Waals surface area contributed by atoms with E-state index in [0.717, 1.165) is 23.6 Å². The Morgan fingerprint density at radius 1 is 1.42 bits per heavy atom. The smallest absolute Gasteiger partial charge is 0.182 e. The van der Waals surface area contributed by atoms with Gasteiger partial charge >= 0.3 is 0 Å². The summed E-state index contributed by atoms with van der Waals surface area (Å²) in [5.41, 5.74) is 1.78. The van der Waals surface area contributed by atoms with Crippen LogP contribution in [-0.2, 0) is 6.42 Å². The molecule has 2 aromatic heterocycles. The van der Waals surface area contributed by atoms with Gasteiger partial charge in [-0.15, -0.1) is 10.2 Å². The summed E-state index contributed by atoms with van der Waals surface area (Å²) in [5.74, 6) is 0.982. The molecule has 0 aliphatic carbocycles. The van der Waals surface area contributed by atoms with Crippen LogP contribution >= 0.6 is 0 Å². The Labute approximate surface area is 70.3 Å². The number of rotatable bonds is 1. The average Bonchev–Trinajstić information content (AvgIpc) is 2.49. The summed E-state index contributed by atoms with van der Waals surface area (Å²) in [4.78, 5) is 4.13. The van der Waals surface area contributed by atoms with Crippen LogP contribution in [0.5, 0.6) is 0 Å². The lowest BCUT2D eigenvalue weighted by atomic mass is 10.4. The Hall–Kier alpha value is -1.45. The average molecular weight is 162 g/mol. The highest BCUT2D eigenvalue weighted by Gasteiger charge is 2.04. The molecule has 4 nitrogen and oxygen atoms in total. The predicted octanol–water partition coefficient (Wildman–Crippen LogP) is 0.995. The molecule has 62 valence electrons. The second-order valence-corrected chi connectivity index (χ2v) is 2.68. The van der Waals surface area contributed by atoms with Crippen molar-refractivity contribution in [1.29, 1.82) is 0 Å². The number of fused-ring (bicyclic) bond motifs is 1. The summed E-state index contributed by atoms with van der Waals surface area (Å²) in [7, 11) is 0. The minimum Gasteiger partial charge on any atom is -0.283 e. The van der Waals surface area contributed by atoms with Gasteiger partial charge in [-0.25, -0.2) is 0 Å². The van der Waals surface area contributed by atoms with Crippen molar-refractivity contribution in [3.63, 3.8) is 0 Å². The fourth-order valence-electron chi connectivity index (χ4n) is 1.24. The molecule has 0 bridgehead atoms. The largest absolute Gasteiger partial charge is 0.283 e. The SMILES string of the molecule is CCc1nnc2c(C)nccn12. The zero-order valence-electron chi connectivity index (χ0n) is 7.15. The van der Waals surface area contributed by atoms with E-state index in [-0.39, 0.29) is 0 Å². The third-order valence-corrected chi connectivity index (χ3v) is 1.89. The molecule has 0 spiro atoms. The molecule has 0 amide bonds. The maximum atomic E-state index is 4.13. The molecule has 2 aromatic rings. The van der Waals surface area contributed by atoms with Crippen molar-refractivity contribution in [2.75, 3.05) is 0 Å². The summed E-state index contributed by atoms with van der Waals surface area (Å²) in [6.45, 7) is 4.00. The first-order valence-corrected chi connectivity index (χ1v) is 3.98. The number of aryl methyl sites for hydroxylation is 2. The van der Waals surface area contributed by atoms with Gasteiger partial charge in [0, 0.05) is 18.8 Å². The van der Waals surface area contributed by atoms with Gasteiger partial charge < -0.3 is 0 Å². The molecule has 0 unspecified atom stereocenters. The van der Waals surface area contributed by atoms with Gasteiger partial charge in [0.05, 0.1) is 5.69 Å². The van der Waals surface area contributed by atoms with Crippen LogP contribution in [0.15, 0.2) is 12.4 Å². The molecule has 4 heteroatoms. The van der Waals surface area contributed by atoms with Crippen molar-refractivity contribution in [2.24, 2.45) is 0 Å². The highest BCUT2D eigenvalue weighted by molar-refractivity contribution is 5.41. The van der Waals surface area contributed by atoms with E-state index in [1.807, 2.05) is 17.5 Å². The molecule has 0 N–H and O–H groups in total. The van der Waals surface area contributed by atoms with Crippen molar-refractivity contribution in [3.8, 4) is 0 Å². The highest BCUT2D eigenvalue weighted by Crippen LogP contribution is 2.05. The van der Waals surface area contributed by atoms with Gasteiger partial charge in [0.15, 0.2) is 5.65 Å². The summed E-state index contributed by atoms with van der Waals surface area (Å²) in [5, 5.41) is 8.09. The van der Waals surface area contributed by atoms with Crippen LogP contribution in [0.4, 0.5) is 0 Å². The first-order valence-electron chi connectivity index (χ1n) is 3.98. The molecule has 0 atom stereocenters. The minimum absolute atomic E-state index is 0.856. The van der Waals surface area contributed by atoms with Crippen LogP contribution in [0.25, 0.3) is 5.65 Å². The van der Waals surface area contributed by atoms with E-state index >= 15 is 0 Å². The van der Waals surface area contributed by atoms with Crippen molar-refractivity contribution in [2.45, 2.75) is 20.3 Å². The summed E-state index contributed by atoms with van der Waals surface area (Å²) >= 11 is 0. The van der Waals surface area contributed by atoms with Crippen LogP contribution in [0, 0.1) is 6.92 Å². The van der Waals surface area contributed by atoms with Crippen LogP contribution in [0.1, 0.15) is 18.4 Å². The molecule has 0 radical (unpaired) electrons. The number of hydrogen-bond donors (Lipinski definition) is 0. The molecule has 0 aliphatic heterocycles. The summed E-state index contributed by atoms with van der Waals surface area (Å²) < 4.78 is 1.97. The lowest BCUT2D eigenvalue weighted by molar-refractivity contribution is 0.905. The van der Waals surface area contributed by atoms with Gasteiger partial charge in [-0.2, -0.15) is 0 Å². The quantitative estimate of drug-likeness (QED) is 0.628. The predicted molar refractivity (Wildman–Crippen MR) is 44.9 cm³/mol. The second kappa shape index (κ2) is 2.55. The molecule has 2 heterocycles. The zero-order valence-corrected chi connectivity index (χ0v) is 7.15. The van der Waals surface area contributed by atoms with Gasteiger partial charge in [-0.1, -0.05) is 6.92 Å². The summed E-state index contributed by atoms with van der Waals surface area (Å²) in [6, 6.07) is 0. The van der Waals surface area contributed by atoms with E-state index in [2.05, 4.69) is 22.1 Å². The Bertz CT molecular complexity index is 404. The van der Waals surface area contributed by atoms with E-state index < -0.39 is 0 Å². The Morgan fingerprint density at radius 3 is 3.00 bits per heavy atom. The molecular formula is C8H10N4. The van der Waals surface area contributed by atoms with Crippen molar-refractivity contribution >= 4 is 5.65 Å². The van der Waals surface area contributed by atoms with Crippen molar-refractivity contribution in [3.05, 3.63) is 23.9 Å². The fourth-order valence-corrected chi connectivity index (χ4v) is 1.24. The first kappa shape index (κ1) is 7.21. The third kappa shape index (κ3) is 0.879. The first-order chi connectivity index (χ1) is 5.83. The standard InChI is InChI=1S/C8H10N4/c1-3-7-10-11-8-6(2)9-4-5-12(7)8/h4-5H,3H2,1-2H3. The lowest BCUT2D eigenvalue weighted by Gasteiger charge is -1.96. The van der Waals surface area contributed by atoms with Crippen LogP contribution in [0.2, 0.25) is 0 Å². The molecule has 0 aromatic carbocycles. The maximum Gasteiger partial charge on any atom is 0.182 e. The van der Waals surface area contributed by atoms with E-state index in [9.17, 15) is 0 Å². The van der Waals surface area contributed by atoms with E-state index in [4.69, 9.17) is 0 Å². The van der Waals surface area contributed by atoms with Gasteiger partial charge in [0.1, 0.15) is 5.82 Å². The monoisotopic (exact) mass is 162 g/mol. The lowest BCUT2D eigenvalue weighted by Crippen LogP contribution is -1.94. The number of aromatic nitrogens is 4. The highest BCUT2D eigenvalue weighted by atomic mass is 15.3.